The molecule has 1 aliphatic heterocycles. The molecule has 2 rings (SSSR count). The number of hydrogen-bond donors (Lipinski definition) is 1. The van der Waals surface area contributed by atoms with Crippen molar-refractivity contribution in [2.75, 3.05) is 13.1 Å². The Hall–Kier alpha value is -1.90. The van der Waals surface area contributed by atoms with E-state index in [1.54, 1.807) is 4.90 Å². The number of hydrogen-bond acceptors (Lipinski definition) is 4. The van der Waals surface area contributed by atoms with Crippen molar-refractivity contribution in [2.45, 2.75) is 19.3 Å². The molecule has 1 aromatic rings. The van der Waals surface area contributed by atoms with E-state index in [4.69, 9.17) is 5.11 Å². The predicted octanol–water partition coefficient (Wildman–Crippen LogP) is 0.753. The molecule has 0 amide bonds. The number of alkyl halides is 3. The Morgan fingerprint density at radius 3 is 2.74 bits per heavy atom. The highest BCUT2D eigenvalue weighted by Gasteiger charge is 2.39. The third kappa shape index (κ3) is 3.11. The van der Waals surface area contributed by atoms with E-state index < -0.39 is 18.0 Å². The Labute approximate surface area is 106 Å². The maximum absolute atomic E-state index is 12.6. The maximum atomic E-state index is 12.6. The first kappa shape index (κ1) is 13.5. The van der Waals surface area contributed by atoms with Crippen LogP contribution in [0.1, 0.15) is 11.6 Å². The number of nitrogens with zero attached hydrogens (tertiary/aromatic N) is 4. The molecular formula is C10H11F3N4O2. The topological polar surface area (TPSA) is 71.2 Å². The second kappa shape index (κ2) is 5.00. The molecule has 0 atom stereocenters. The lowest BCUT2D eigenvalue weighted by Gasteiger charge is -2.26. The Kier molecular flexibility index (Phi) is 3.56. The summed E-state index contributed by atoms with van der Waals surface area (Å²) in [7, 11) is 0. The monoisotopic (exact) mass is 276 g/mol. The van der Waals surface area contributed by atoms with Gasteiger partial charge < -0.3 is 9.67 Å². The minimum atomic E-state index is -4.50. The van der Waals surface area contributed by atoms with Gasteiger partial charge in [0.15, 0.2) is 0 Å². The number of carboxylic acid groups (broad SMARTS) is 1. The number of fused-ring (bicyclic) bond motifs is 1. The molecule has 19 heavy (non-hydrogen) atoms. The second-order valence-electron chi connectivity index (χ2n) is 4.06. The van der Waals surface area contributed by atoms with Crippen molar-refractivity contribution in [1.29, 1.82) is 0 Å². The predicted molar refractivity (Wildman–Crippen MR) is 57.1 cm³/mol. The SMILES string of the molecule is O=C(O)/C=C/CN1CCn2c(nnc2C(F)(F)F)C1. The number of aromatic nitrogens is 3. The van der Waals surface area contributed by atoms with E-state index in [2.05, 4.69) is 10.2 Å². The molecule has 0 spiro atoms. The minimum Gasteiger partial charge on any atom is -0.478 e. The Balaban J connectivity index is 2.05. The summed E-state index contributed by atoms with van der Waals surface area (Å²) < 4.78 is 38.8. The van der Waals surface area contributed by atoms with Crippen molar-refractivity contribution in [1.82, 2.24) is 19.7 Å². The average Bonchev–Trinajstić information content (AvgIpc) is 2.71. The van der Waals surface area contributed by atoms with Gasteiger partial charge >= 0.3 is 12.1 Å². The highest BCUT2D eigenvalue weighted by Crippen LogP contribution is 2.29. The van der Waals surface area contributed by atoms with Crippen LogP contribution in [0.4, 0.5) is 13.2 Å². The van der Waals surface area contributed by atoms with Crippen molar-refractivity contribution >= 4 is 5.97 Å². The standard InChI is InChI=1S/C10H11F3N4O2/c11-10(12,13)9-15-14-7-6-16(4-5-17(7)9)3-1-2-8(18)19/h1-2H,3-6H2,(H,18,19)/b2-1+. The largest absolute Gasteiger partial charge is 0.478 e. The van der Waals surface area contributed by atoms with Crippen LogP contribution in [0.3, 0.4) is 0 Å². The van der Waals surface area contributed by atoms with E-state index in [0.717, 1.165) is 10.6 Å². The molecule has 1 aliphatic rings. The zero-order valence-electron chi connectivity index (χ0n) is 9.76. The minimum absolute atomic E-state index is 0.137. The summed E-state index contributed by atoms with van der Waals surface area (Å²) in [5.74, 6) is -1.80. The number of rotatable bonds is 3. The molecule has 0 aliphatic carbocycles. The van der Waals surface area contributed by atoms with Crippen LogP contribution in [0, 0.1) is 0 Å². The first-order chi connectivity index (χ1) is 8.88. The Morgan fingerprint density at radius 2 is 2.11 bits per heavy atom. The van der Waals surface area contributed by atoms with Gasteiger partial charge in [0.25, 0.3) is 0 Å². The summed E-state index contributed by atoms with van der Waals surface area (Å²) in [4.78, 5) is 12.1. The summed E-state index contributed by atoms with van der Waals surface area (Å²) in [6.07, 6.45) is -2.06. The smallest absolute Gasteiger partial charge is 0.451 e. The zero-order valence-corrected chi connectivity index (χ0v) is 9.76. The molecule has 0 bridgehead atoms. The lowest BCUT2D eigenvalue weighted by molar-refractivity contribution is -0.148. The lowest BCUT2D eigenvalue weighted by atomic mass is 10.3. The van der Waals surface area contributed by atoms with E-state index in [9.17, 15) is 18.0 Å². The summed E-state index contributed by atoms with van der Waals surface area (Å²) >= 11 is 0. The van der Waals surface area contributed by atoms with Crippen LogP contribution in [0.15, 0.2) is 12.2 Å². The van der Waals surface area contributed by atoms with Gasteiger partial charge in [0.05, 0.1) is 6.54 Å². The molecule has 2 heterocycles. The Morgan fingerprint density at radius 1 is 1.37 bits per heavy atom. The van der Waals surface area contributed by atoms with Crippen molar-refractivity contribution in [3.05, 3.63) is 23.8 Å². The van der Waals surface area contributed by atoms with E-state index in [0.29, 0.717) is 13.1 Å². The molecule has 104 valence electrons. The van der Waals surface area contributed by atoms with Crippen molar-refractivity contribution < 1.29 is 23.1 Å². The fraction of sp³-hybridized carbons (Fsp3) is 0.500. The van der Waals surface area contributed by atoms with E-state index >= 15 is 0 Å². The lowest BCUT2D eigenvalue weighted by Crippen LogP contribution is -2.35. The van der Waals surface area contributed by atoms with Gasteiger partial charge in [-0.2, -0.15) is 13.2 Å². The van der Waals surface area contributed by atoms with E-state index in [-0.39, 0.29) is 18.9 Å². The van der Waals surface area contributed by atoms with E-state index in [1.807, 2.05) is 0 Å². The van der Waals surface area contributed by atoms with Crippen LogP contribution in [0.2, 0.25) is 0 Å². The zero-order chi connectivity index (χ0) is 14.0. The van der Waals surface area contributed by atoms with Crippen molar-refractivity contribution in [2.24, 2.45) is 0 Å². The highest BCUT2D eigenvalue weighted by atomic mass is 19.4. The van der Waals surface area contributed by atoms with Crippen LogP contribution in [0.25, 0.3) is 0 Å². The van der Waals surface area contributed by atoms with Gasteiger partial charge in [0.2, 0.25) is 5.82 Å². The summed E-state index contributed by atoms with van der Waals surface area (Å²) in [5, 5.41) is 15.1. The normalized spacial score (nSPS) is 16.8. The van der Waals surface area contributed by atoms with Crippen LogP contribution in [-0.2, 0) is 24.1 Å². The summed E-state index contributed by atoms with van der Waals surface area (Å²) in [6, 6.07) is 0. The fourth-order valence-corrected chi connectivity index (χ4v) is 1.88. The molecule has 1 aromatic heterocycles. The molecule has 0 fully saturated rings. The van der Waals surface area contributed by atoms with Gasteiger partial charge in [-0.05, 0) is 0 Å². The van der Waals surface area contributed by atoms with Gasteiger partial charge in [-0.15, -0.1) is 10.2 Å². The third-order valence-corrected chi connectivity index (χ3v) is 2.71. The van der Waals surface area contributed by atoms with Gasteiger partial charge in [0, 0.05) is 25.7 Å². The molecule has 0 aromatic carbocycles. The van der Waals surface area contributed by atoms with Gasteiger partial charge in [-0.3, -0.25) is 4.90 Å². The first-order valence-electron chi connectivity index (χ1n) is 5.49. The number of carboxylic acids is 1. The van der Waals surface area contributed by atoms with E-state index in [1.165, 1.54) is 6.08 Å². The molecule has 0 radical (unpaired) electrons. The number of aliphatic carboxylic acids is 1. The molecule has 0 saturated carbocycles. The van der Waals surface area contributed by atoms with Crippen molar-refractivity contribution in [3.8, 4) is 0 Å². The first-order valence-corrected chi connectivity index (χ1v) is 5.49. The third-order valence-electron chi connectivity index (χ3n) is 2.71. The molecule has 0 unspecified atom stereocenters. The van der Waals surface area contributed by atoms with Crippen LogP contribution < -0.4 is 0 Å². The molecule has 1 N–H and O–H groups in total. The van der Waals surface area contributed by atoms with Gasteiger partial charge in [0.1, 0.15) is 5.82 Å². The number of halogens is 3. The van der Waals surface area contributed by atoms with Crippen LogP contribution >= 0.6 is 0 Å². The average molecular weight is 276 g/mol. The van der Waals surface area contributed by atoms with Gasteiger partial charge in [-0.25, -0.2) is 4.79 Å². The van der Waals surface area contributed by atoms with Crippen molar-refractivity contribution in [3.63, 3.8) is 0 Å². The molecule has 6 nitrogen and oxygen atoms in total. The Bertz CT molecular complexity index is 509. The summed E-state index contributed by atoms with van der Waals surface area (Å²) in [5.41, 5.74) is 0. The molecular weight excluding hydrogens is 265 g/mol. The van der Waals surface area contributed by atoms with Crippen LogP contribution in [-0.4, -0.2) is 43.8 Å². The second-order valence-corrected chi connectivity index (χ2v) is 4.06. The number of carbonyl (C=O) groups is 1. The quantitative estimate of drug-likeness (QED) is 0.825. The van der Waals surface area contributed by atoms with Crippen LogP contribution in [0.5, 0.6) is 0 Å². The maximum Gasteiger partial charge on any atom is 0.451 e. The molecule has 9 heteroatoms. The van der Waals surface area contributed by atoms with Gasteiger partial charge in [-0.1, -0.05) is 6.08 Å². The summed E-state index contributed by atoms with van der Waals surface area (Å²) in [6.45, 7) is 1.09. The fourth-order valence-electron chi connectivity index (χ4n) is 1.88. The highest BCUT2D eigenvalue weighted by molar-refractivity contribution is 5.79. The molecule has 0 saturated heterocycles.